The van der Waals surface area contributed by atoms with Gasteiger partial charge in [0.25, 0.3) is 5.56 Å². The Morgan fingerprint density at radius 1 is 0.906 bits per heavy atom. The second kappa shape index (κ2) is 8.24. The fourth-order valence-electron chi connectivity index (χ4n) is 4.74. The third-order valence-corrected chi connectivity index (χ3v) is 6.08. The molecule has 1 aliphatic rings. The van der Waals surface area contributed by atoms with Crippen molar-refractivity contribution in [3.8, 4) is 16.9 Å². The maximum atomic E-state index is 13.5. The first-order chi connectivity index (χ1) is 15.5. The largest absolute Gasteiger partial charge is 0.372 e. The second-order valence-corrected chi connectivity index (χ2v) is 8.61. The first-order valence-electron chi connectivity index (χ1n) is 11.1. The Morgan fingerprint density at radius 2 is 1.62 bits per heavy atom. The molecule has 0 unspecified atom stereocenters. The summed E-state index contributed by atoms with van der Waals surface area (Å²) < 4.78 is 7.59. The number of nitrogens with zero attached hydrogens (tertiary/aromatic N) is 3. The van der Waals surface area contributed by atoms with Gasteiger partial charge in [-0.05, 0) is 68.8 Å². The number of hydrogen-bond acceptors (Lipinski definition) is 4. The van der Waals surface area contributed by atoms with Gasteiger partial charge in [0.1, 0.15) is 0 Å². The van der Waals surface area contributed by atoms with Crippen LogP contribution in [0.3, 0.4) is 0 Å². The molecule has 2 aromatic heterocycles. The van der Waals surface area contributed by atoms with Crippen LogP contribution < -0.4 is 10.5 Å². The molecule has 0 bridgehead atoms. The molecule has 3 heterocycles. The number of rotatable bonds is 3. The lowest BCUT2D eigenvalue weighted by atomic mass is 9.99. The summed E-state index contributed by atoms with van der Waals surface area (Å²) in [5.41, 5.74) is 4.89. The molecule has 5 heteroatoms. The van der Waals surface area contributed by atoms with Crippen LogP contribution in [0.5, 0.6) is 0 Å². The van der Waals surface area contributed by atoms with Gasteiger partial charge in [-0.25, -0.2) is 0 Å². The van der Waals surface area contributed by atoms with Crippen LogP contribution >= 0.6 is 0 Å². The van der Waals surface area contributed by atoms with E-state index in [1.807, 2.05) is 54.7 Å². The van der Waals surface area contributed by atoms with Crippen LogP contribution in [0.25, 0.3) is 27.7 Å². The van der Waals surface area contributed by atoms with Crippen LogP contribution in [-0.4, -0.2) is 34.8 Å². The van der Waals surface area contributed by atoms with Crippen molar-refractivity contribution in [2.45, 2.75) is 33.0 Å². The summed E-state index contributed by atoms with van der Waals surface area (Å²) in [5, 5.41) is 1.66. The van der Waals surface area contributed by atoms with Crippen LogP contribution in [0, 0.1) is 6.92 Å². The summed E-state index contributed by atoms with van der Waals surface area (Å²) in [6.45, 7) is 8.00. The van der Waals surface area contributed by atoms with Crippen molar-refractivity contribution in [1.82, 2.24) is 9.55 Å². The molecule has 5 nitrogen and oxygen atoms in total. The van der Waals surface area contributed by atoms with Crippen LogP contribution in [-0.2, 0) is 4.74 Å². The van der Waals surface area contributed by atoms with Crippen LogP contribution in [0.2, 0.25) is 0 Å². The van der Waals surface area contributed by atoms with Gasteiger partial charge in [-0.15, -0.1) is 0 Å². The topological polar surface area (TPSA) is 47.4 Å². The molecule has 1 aliphatic heterocycles. The maximum absolute atomic E-state index is 13.5. The van der Waals surface area contributed by atoms with Gasteiger partial charge in [0.2, 0.25) is 0 Å². The molecule has 0 aliphatic carbocycles. The zero-order valence-electron chi connectivity index (χ0n) is 18.7. The van der Waals surface area contributed by atoms with Gasteiger partial charge < -0.3 is 9.64 Å². The number of morpholine rings is 1. The minimum absolute atomic E-state index is 0.0234. The molecule has 1 fully saturated rings. The summed E-state index contributed by atoms with van der Waals surface area (Å²) in [6, 6.07) is 19.9. The molecule has 2 aromatic carbocycles. The minimum Gasteiger partial charge on any atom is -0.372 e. The average Bonchev–Trinajstić information content (AvgIpc) is 2.81. The number of ether oxygens (including phenoxy) is 1. The van der Waals surface area contributed by atoms with Gasteiger partial charge in [-0.1, -0.05) is 18.2 Å². The van der Waals surface area contributed by atoms with Crippen molar-refractivity contribution < 1.29 is 4.74 Å². The van der Waals surface area contributed by atoms with Gasteiger partial charge in [0.05, 0.1) is 17.9 Å². The fourth-order valence-corrected chi connectivity index (χ4v) is 4.74. The van der Waals surface area contributed by atoms with Gasteiger partial charge in [0, 0.05) is 53.2 Å². The normalized spacial score (nSPS) is 18.8. The molecule has 2 atom stereocenters. The summed E-state index contributed by atoms with van der Waals surface area (Å²) >= 11 is 0. The molecular formula is C27H27N3O2. The van der Waals surface area contributed by atoms with E-state index in [1.54, 1.807) is 10.8 Å². The SMILES string of the molecule is Cc1cn(-c2ccc(N3C[C@@H](C)O[C@@H](C)C3)cc2)c(=O)c2cccc(-c3ccccn3)c12. The van der Waals surface area contributed by atoms with E-state index in [-0.39, 0.29) is 17.8 Å². The molecule has 1 saturated heterocycles. The molecular weight excluding hydrogens is 398 g/mol. The summed E-state index contributed by atoms with van der Waals surface area (Å²) in [7, 11) is 0. The van der Waals surface area contributed by atoms with Gasteiger partial charge >= 0.3 is 0 Å². The summed E-state index contributed by atoms with van der Waals surface area (Å²) in [6.07, 6.45) is 4.13. The Balaban J connectivity index is 1.56. The molecule has 32 heavy (non-hydrogen) atoms. The number of anilines is 1. The lowest BCUT2D eigenvalue weighted by Crippen LogP contribution is -2.45. The Hall–Kier alpha value is -3.44. The standard InChI is InChI=1S/C27H27N3O2/c1-18-15-30(22-12-10-21(11-13-22)29-16-19(2)32-20(3)17-29)27(31)24-8-6-7-23(26(18)24)25-9-4-5-14-28-25/h4-15,19-20H,16-17H2,1-3H3/t19-,20+. The molecule has 162 valence electrons. The Labute approximate surface area is 187 Å². The predicted octanol–water partition coefficient (Wildman–Crippen LogP) is 4.97. The predicted molar refractivity (Wildman–Crippen MR) is 130 cm³/mol. The smallest absolute Gasteiger partial charge is 0.262 e. The van der Waals surface area contributed by atoms with Crippen molar-refractivity contribution in [2.24, 2.45) is 0 Å². The summed E-state index contributed by atoms with van der Waals surface area (Å²) in [4.78, 5) is 20.3. The van der Waals surface area contributed by atoms with Crippen molar-refractivity contribution in [3.05, 3.63) is 89.0 Å². The Bertz CT molecular complexity index is 1300. The van der Waals surface area contributed by atoms with E-state index in [2.05, 4.69) is 42.8 Å². The minimum atomic E-state index is -0.0234. The van der Waals surface area contributed by atoms with Gasteiger partial charge in [-0.3, -0.25) is 14.3 Å². The molecule has 0 radical (unpaired) electrons. The molecule has 0 saturated carbocycles. The van der Waals surface area contributed by atoms with Crippen molar-refractivity contribution in [2.75, 3.05) is 18.0 Å². The molecule has 5 rings (SSSR count). The zero-order chi connectivity index (χ0) is 22.2. The zero-order valence-corrected chi connectivity index (χ0v) is 18.7. The monoisotopic (exact) mass is 425 g/mol. The van der Waals surface area contributed by atoms with Crippen LogP contribution in [0.4, 0.5) is 5.69 Å². The highest BCUT2D eigenvalue weighted by Crippen LogP contribution is 2.29. The third kappa shape index (κ3) is 3.69. The number of pyridine rings is 2. The van der Waals surface area contributed by atoms with Gasteiger partial charge in [0.15, 0.2) is 0 Å². The number of fused-ring (bicyclic) bond motifs is 1. The van der Waals surface area contributed by atoms with Crippen molar-refractivity contribution in [1.29, 1.82) is 0 Å². The highest BCUT2D eigenvalue weighted by atomic mass is 16.5. The quantitative estimate of drug-likeness (QED) is 0.465. The lowest BCUT2D eigenvalue weighted by molar-refractivity contribution is -0.00521. The van der Waals surface area contributed by atoms with Crippen molar-refractivity contribution in [3.63, 3.8) is 0 Å². The van der Waals surface area contributed by atoms with E-state index < -0.39 is 0 Å². The highest BCUT2D eigenvalue weighted by molar-refractivity contribution is 5.97. The molecule has 0 N–H and O–H groups in total. The Morgan fingerprint density at radius 3 is 2.31 bits per heavy atom. The maximum Gasteiger partial charge on any atom is 0.262 e. The van der Waals surface area contributed by atoms with Crippen LogP contribution in [0.1, 0.15) is 19.4 Å². The fraction of sp³-hybridized carbons (Fsp3) is 0.259. The van der Waals surface area contributed by atoms with E-state index in [9.17, 15) is 4.79 Å². The van der Waals surface area contributed by atoms with E-state index in [4.69, 9.17) is 4.74 Å². The number of benzene rings is 2. The third-order valence-electron chi connectivity index (χ3n) is 6.08. The van der Waals surface area contributed by atoms with Gasteiger partial charge in [-0.2, -0.15) is 0 Å². The van der Waals surface area contributed by atoms with E-state index in [1.165, 1.54) is 0 Å². The first-order valence-corrected chi connectivity index (χ1v) is 11.1. The summed E-state index contributed by atoms with van der Waals surface area (Å²) in [5.74, 6) is 0. The number of aromatic nitrogens is 2. The molecule has 0 amide bonds. The van der Waals surface area contributed by atoms with E-state index in [0.717, 1.165) is 46.7 Å². The number of aryl methyl sites for hydroxylation is 1. The van der Waals surface area contributed by atoms with Crippen molar-refractivity contribution >= 4 is 16.5 Å². The highest BCUT2D eigenvalue weighted by Gasteiger charge is 2.22. The van der Waals surface area contributed by atoms with E-state index in [0.29, 0.717) is 5.39 Å². The second-order valence-electron chi connectivity index (χ2n) is 8.61. The van der Waals surface area contributed by atoms with E-state index >= 15 is 0 Å². The number of hydrogen-bond donors (Lipinski definition) is 0. The lowest BCUT2D eigenvalue weighted by Gasteiger charge is -2.36. The average molecular weight is 426 g/mol. The van der Waals surface area contributed by atoms with Crippen LogP contribution in [0.15, 0.2) is 77.9 Å². The first kappa shape index (κ1) is 20.5. The molecule has 4 aromatic rings. The molecule has 0 spiro atoms. The Kier molecular flexibility index (Phi) is 5.27.